The molecule has 1 aromatic carbocycles. The summed E-state index contributed by atoms with van der Waals surface area (Å²) in [6.07, 6.45) is 0.942. The number of hydrogen-bond acceptors (Lipinski definition) is 6. The van der Waals surface area contributed by atoms with Crippen LogP contribution in [0.25, 0.3) is 11.0 Å². The summed E-state index contributed by atoms with van der Waals surface area (Å²) >= 11 is 0. The van der Waals surface area contributed by atoms with Gasteiger partial charge in [0.25, 0.3) is 5.55 Å². The number of benzene rings is 1. The number of carbonyl (C=O) groups excluding carboxylic acids is 1. The summed E-state index contributed by atoms with van der Waals surface area (Å²) in [6.45, 7) is 9.39. The van der Waals surface area contributed by atoms with E-state index in [1.54, 1.807) is 12.1 Å². The van der Waals surface area contributed by atoms with Gasteiger partial charge in [-0.25, -0.2) is 0 Å². The summed E-state index contributed by atoms with van der Waals surface area (Å²) in [5.74, 6) is 0.468. The summed E-state index contributed by atoms with van der Waals surface area (Å²) < 4.78 is 11.3. The minimum absolute atomic E-state index is 0.0892. The smallest absolute Gasteiger partial charge is 0.266 e. The van der Waals surface area contributed by atoms with Crippen LogP contribution in [0.3, 0.4) is 0 Å². The van der Waals surface area contributed by atoms with E-state index < -0.39 is 0 Å². The van der Waals surface area contributed by atoms with Gasteiger partial charge in [-0.15, -0.1) is 0 Å². The standard InChI is InChI=1S/C18H24N2O4/c1-4-20(5-2)9-6-10-23-15-8-7-14-11-16(13(3)21)18(19-22)24-17(14)12-15/h7-8,11-12,22H,4-6,9-10H2,1-3H3. The molecule has 2 aromatic rings. The first-order valence-corrected chi connectivity index (χ1v) is 8.21. The number of rotatable bonds is 8. The van der Waals surface area contributed by atoms with E-state index in [9.17, 15) is 4.79 Å². The number of hydrogen-bond donors (Lipinski definition) is 1. The third-order valence-corrected chi connectivity index (χ3v) is 3.97. The van der Waals surface area contributed by atoms with E-state index in [4.69, 9.17) is 14.4 Å². The largest absolute Gasteiger partial charge is 0.493 e. The second kappa shape index (κ2) is 8.49. The van der Waals surface area contributed by atoms with Crippen LogP contribution in [0.1, 0.15) is 37.6 Å². The zero-order valence-corrected chi connectivity index (χ0v) is 14.4. The summed E-state index contributed by atoms with van der Waals surface area (Å²) in [4.78, 5) is 13.9. The summed E-state index contributed by atoms with van der Waals surface area (Å²) in [5.41, 5.74) is 0.667. The van der Waals surface area contributed by atoms with Crippen LogP contribution in [0.15, 0.2) is 33.8 Å². The SMILES string of the molecule is CCN(CC)CCCOc1ccc2cc(C(C)=O)c(=NO)oc2c1. The topological polar surface area (TPSA) is 75.3 Å². The molecule has 0 bridgehead atoms. The van der Waals surface area contributed by atoms with Crippen molar-refractivity contribution in [3.05, 3.63) is 35.4 Å². The molecular weight excluding hydrogens is 308 g/mol. The number of fused-ring (bicyclic) bond motifs is 1. The van der Waals surface area contributed by atoms with E-state index in [2.05, 4.69) is 23.9 Å². The Balaban J connectivity index is 2.11. The Kier molecular flexibility index (Phi) is 6.37. The molecule has 1 N–H and O–H groups in total. The fourth-order valence-corrected chi connectivity index (χ4v) is 2.53. The van der Waals surface area contributed by atoms with Gasteiger partial charge in [0.05, 0.1) is 12.2 Å². The average molecular weight is 332 g/mol. The normalized spacial score (nSPS) is 12.1. The Morgan fingerprint density at radius 3 is 2.67 bits per heavy atom. The molecule has 0 aliphatic carbocycles. The minimum atomic E-state index is -0.217. The van der Waals surface area contributed by atoms with Crippen molar-refractivity contribution < 1.29 is 19.2 Å². The van der Waals surface area contributed by atoms with Crippen LogP contribution in [-0.2, 0) is 0 Å². The number of carbonyl (C=O) groups is 1. The second-order valence-corrected chi connectivity index (χ2v) is 5.55. The molecule has 0 unspecified atom stereocenters. The number of ketones is 1. The first-order chi connectivity index (χ1) is 11.6. The Morgan fingerprint density at radius 1 is 1.29 bits per heavy atom. The molecule has 0 atom stereocenters. The van der Waals surface area contributed by atoms with E-state index in [0.29, 0.717) is 17.9 Å². The fraction of sp³-hybridized carbons (Fsp3) is 0.444. The number of ether oxygens (including phenoxy) is 1. The van der Waals surface area contributed by atoms with Crippen LogP contribution in [0, 0.1) is 0 Å². The van der Waals surface area contributed by atoms with E-state index in [-0.39, 0.29) is 16.9 Å². The molecule has 0 radical (unpaired) electrons. The van der Waals surface area contributed by atoms with Gasteiger partial charge in [0.15, 0.2) is 5.78 Å². The highest BCUT2D eigenvalue weighted by Gasteiger charge is 2.09. The van der Waals surface area contributed by atoms with Gasteiger partial charge in [0, 0.05) is 18.0 Å². The molecule has 0 amide bonds. The number of Topliss-reactive ketones (excluding diaryl/α,β-unsaturated/α-hetero) is 1. The number of nitrogens with zero attached hydrogens (tertiary/aromatic N) is 2. The van der Waals surface area contributed by atoms with Crippen LogP contribution in [0.4, 0.5) is 0 Å². The molecule has 0 aliphatic heterocycles. The minimum Gasteiger partial charge on any atom is -0.493 e. The summed E-state index contributed by atoms with van der Waals surface area (Å²) in [7, 11) is 0. The van der Waals surface area contributed by atoms with Crippen molar-refractivity contribution in [3.8, 4) is 5.75 Å². The highest BCUT2D eigenvalue weighted by atomic mass is 16.5. The lowest BCUT2D eigenvalue weighted by Gasteiger charge is -2.17. The van der Waals surface area contributed by atoms with Gasteiger partial charge >= 0.3 is 0 Å². The van der Waals surface area contributed by atoms with Crippen molar-refractivity contribution >= 4 is 16.8 Å². The van der Waals surface area contributed by atoms with E-state index in [1.807, 2.05) is 12.1 Å². The molecule has 0 aliphatic rings. The van der Waals surface area contributed by atoms with Crippen LogP contribution in [-0.4, -0.2) is 42.1 Å². The molecule has 24 heavy (non-hydrogen) atoms. The Bertz CT molecular complexity index is 763. The van der Waals surface area contributed by atoms with Gasteiger partial charge in [-0.05, 0) is 49.8 Å². The van der Waals surface area contributed by atoms with Gasteiger partial charge in [0.1, 0.15) is 11.3 Å². The van der Waals surface area contributed by atoms with Crippen molar-refractivity contribution in [2.24, 2.45) is 5.16 Å². The Morgan fingerprint density at radius 2 is 2.04 bits per heavy atom. The predicted octanol–water partition coefficient (Wildman–Crippen LogP) is 3.04. The summed E-state index contributed by atoms with van der Waals surface area (Å²) in [5, 5.41) is 12.8. The Hall–Kier alpha value is -2.34. The highest BCUT2D eigenvalue weighted by molar-refractivity contribution is 5.96. The maximum atomic E-state index is 11.6. The molecule has 0 saturated heterocycles. The summed E-state index contributed by atoms with van der Waals surface area (Å²) in [6, 6.07) is 7.06. The van der Waals surface area contributed by atoms with Gasteiger partial charge < -0.3 is 19.3 Å². The molecular formula is C18H24N2O4. The van der Waals surface area contributed by atoms with Crippen molar-refractivity contribution in [2.75, 3.05) is 26.2 Å². The van der Waals surface area contributed by atoms with Crippen molar-refractivity contribution in [1.82, 2.24) is 4.90 Å². The van der Waals surface area contributed by atoms with Gasteiger partial charge in [-0.1, -0.05) is 13.8 Å². The Labute approximate surface area is 141 Å². The zero-order valence-electron chi connectivity index (χ0n) is 14.4. The maximum Gasteiger partial charge on any atom is 0.266 e. The van der Waals surface area contributed by atoms with Crippen LogP contribution < -0.4 is 10.3 Å². The molecule has 0 fully saturated rings. The third kappa shape index (κ3) is 4.35. The molecule has 0 spiro atoms. The lowest BCUT2D eigenvalue weighted by molar-refractivity contribution is 0.101. The first kappa shape index (κ1) is 18.0. The van der Waals surface area contributed by atoms with Crippen molar-refractivity contribution in [3.63, 3.8) is 0 Å². The molecule has 1 aromatic heterocycles. The molecule has 1 heterocycles. The van der Waals surface area contributed by atoms with Crippen LogP contribution >= 0.6 is 0 Å². The molecule has 2 rings (SSSR count). The third-order valence-electron chi connectivity index (χ3n) is 3.97. The quantitative estimate of drug-likeness (QED) is 0.348. The van der Waals surface area contributed by atoms with Gasteiger partial charge in [0.2, 0.25) is 0 Å². The van der Waals surface area contributed by atoms with E-state index in [0.717, 1.165) is 31.4 Å². The van der Waals surface area contributed by atoms with Crippen LogP contribution in [0.5, 0.6) is 5.75 Å². The van der Waals surface area contributed by atoms with Gasteiger partial charge in [-0.2, -0.15) is 0 Å². The highest BCUT2D eigenvalue weighted by Crippen LogP contribution is 2.21. The van der Waals surface area contributed by atoms with E-state index in [1.165, 1.54) is 6.92 Å². The fourth-order valence-electron chi connectivity index (χ4n) is 2.53. The lowest BCUT2D eigenvalue weighted by atomic mass is 10.1. The van der Waals surface area contributed by atoms with Crippen molar-refractivity contribution in [1.29, 1.82) is 0 Å². The first-order valence-electron chi connectivity index (χ1n) is 8.21. The predicted molar refractivity (Wildman–Crippen MR) is 91.5 cm³/mol. The lowest BCUT2D eigenvalue weighted by Crippen LogP contribution is -2.25. The average Bonchev–Trinajstić information content (AvgIpc) is 2.60. The molecule has 0 saturated carbocycles. The monoisotopic (exact) mass is 332 g/mol. The molecule has 6 heteroatoms. The van der Waals surface area contributed by atoms with Gasteiger partial charge in [-0.3, -0.25) is 4.79 Å². The van der Waals surface area contributed by atoms with Crippen molar-refractivity contribution in [2.45, 2.75) is 27.2 Å². The zero-order chi connectivity index (χ0) is 17.5. The maximum absolute atomic E-state index is 11.6. The van der Waals surface area contributed by atoms with Crippen LogP contribution in [0.2, 0.25) is 0 Å². The van der Waals surface area contributed by atoms with E-state index >= 15 is 0 Å². The molecule has 6 nitrogen and oxygen atoms in total. The second-order valence-electron chi connectivity index (χ2n) is 5.55. The molecule has 130 valence electrons.